The highest BCUT2D eigenvalue weighted by atomic mass is 32.2. The Morgan fingerprint density at radius 1 is 1.65 bits per heavy atom. The van der Waals surface area contributed by atoms with Crippen LogP contribution in [0.4, 0.5) is 4.79 Å². The van der Waals surface area contributed by atoms with E-state index in [2.05, 4.69) is 5.32 Å². The second-order valence-corrected chi connectivity index (χ2v) is 5.42. The minimum atomic E-state index is -0.906. The lowest BCUT2D eigenvalue weighted by Crippen LogP contribution is -2.44. The van der Waals surface area contributed by atoms with Gasteiger partial charge in [0.25, 0.3) is 0 Å². The summed E-state index contributed by atoms with van der Waals surface area (Å²) in [6.45, 7) is 2.23. The van der Waals surface area contributed by atoms with Crippen LogP contribution in [-0.2, 0) is 17.3 Å². The third kappa shape index (κ3) is 4.60. The summed E-state index contributed by atoms with van der Waals surface area (Å²) in [4.78, 5) is 13.3. The minimum Gasteiger partial charge on any atom is -0.467 e. The number of carbonyl (C=O) groups excluding carboxylic acids is 1. The fourth-order valence-corrected chi connectivity index (χ4v) is 2.26. The molecule has 0 aliphatic carbocycles. The van der Waals surface area contributed by atoms with Crippen molar-refractivity contribution >= 4 is 16.8 Å². The molecule has 1 rings (SSSR count). The van der Waals surface area contributed by atoms with Crippen molar-refractivity contribution in [2.75, 3.05) is 19.1 Å². The van der Waals surface area contributed by atoms with Crippen LogP contribution < -0.4 is 5.32 Å². The molecule has 0 saturated carbocycles. The lowest BCUT2D eigenvalue weighted by atomic mass is 10.3. The van der Waals surface area contributed by atoms with E-state index in [0.717, 1.165) is 0 Å². The first-order valence-electron chi connectivity index (χ1n) is 5.33. The summed E-state index contributed by atoms with van der Waals surface area (Å²) in [5.41, 5.74) is 0. The Balaban J connectivity index is 2.38. The predicted octanol–water partition coefficient (Wildman–Crippen LogP) is 1.19. The fraction of sp³-hybridized carbons (Fsp3) is 0.545. The van der Waals surface area contributed by atoms with Crippen molar-refractivity contribution in [1.29, 1.82) is 0 Å². The molecule has 1 aromatic heterocycles. The largest absolute Gasteiger partial charge is 0.467 e. The number of carbonyl (C=O) groups is 1. The zero-order valence-corrected chi connectivity index (χ0v) is 11.1. The predicted molar refractivity (Wildman–Crippen MR) is 67.1 cm³/mol. The molecule has 96 valence electrons. The Bertz CT molecular complexity index is 378. The number of nitrogens with zero attached hydrogens (tertiary/aromatic N) is 1. The van der Waals surface area contributed by atoms with Crippen LogP contribution in [0, 0.1) is 0 Å². The molecule has 2 atom stereocenters. The summed E-state index contributed by atoms with van der Waals surface area (Å²) in [6.07, 6.45) is 3.19. The van der Waals surface area contributed by atoms with Gasteiger partial charge in [-0.1, -0.05) is 0 Å². The van der Waals surface area contributed by atoms with Gasteiger partial charge in [0.05, 0.1) is 12.8 Å². The summed E-state index contributed by atoms with van der Waals surface area (Å²) in [5, 5.41) is 2.73. The van der Waals surface area contributed by atoms with Crippen molar-refractivity contribution in [3.05, 3.63) is 24.2 Å². The highest BCUT2D eigenvalue weighted by molar-refractivity contribution is 7.84. The first-order valence-corrected chi connectivity index (χ1v) is 7.06. The van der Waals surface area contributed by atoms with Gasteiger partial charge in [-0.15, -0.1) is 0 Å². The van der Waals surface area contributed by atoms with E-state index in [1.54, 1.807) is 36.6 Å². The zero-order valence-electron chi connectivity index (χ0n) is 10.3. The maximum absolute atomic E-state index is 11.7. The third-order valence-electron chi connectivity index (χ3n) is 2.45. The van der Waals surface area contributed by atoms with Crippen molar-refractivity contribution < 1.29 is 13.4 Å². The molecule has 2 amide bonds. The molecule has 6 heteroatoms. The molecule has 0 bridgehead atoms. The Hall–Kier alpha value is -1.30. The van der Waals surface area contributed by atoms with Gasteiger partial charge in [-0.2, -0.15) is 0 Å². The molecular formula is C11H18N2O3S. The number of amides is 2. The van der Waals surface area contributed by atoms with Crippen LogP contribution in [0.5, 0.6) is 0 Å². The topological polar surface area (TPSA) is 62.6 Å². The SMILES string of the molecule is CC(CS(C)=O)N(C)C(=O)NCc1ccco1. The number of hydrogen-bond donors (Lipinski definition) is 1. The number of urea groups is 1. The average molecular weight is 258 g/mol. The number of furan rings is 1. The molecule has 2 unspecified atom stereocenters. The molecule has 1 aromatic rings. The number of rotatable bonds is 5. The number of nitrogens with one attached hydrogen (secondary N) is 1. The van der Waals surface area contributed by atoms with Crippen molar-refractivity contribution in [2.24, 2.45) is 0 Å². The van der Waals surface area contributed by atoms with Gasteiger partial charge in [0.2, 0.25) is 0 Å². The van der Waals surface area contributed by atoms with Gasteiger partial charge in [0, 0.05) is 35.9 Å². The molecule has 0 aromatic carbocycles. The normalized spacial score (nSPS) is 14.1. The third-order valence-corrected chi connectivity index (χ3v) is 3.40. The minimum absolute atomic E-state index is 0.0579. The van der Waals surface area contributed by atoms with Crippen molar-refractivity contribution in [3.8, 4) is 0 Å². The van der Waals surface area contributed by atoms with Crippen LogP contribution in [0.25, 0.3) is 0 Å². The Morgan fingerprint density at radius 2 is 2.35 bits per heavy atom. The second-order valence-electron chi connectivity index (χ2n) is 3.94. The molecular weight excluding hydrogens is 240 g/mol. The Morgan fingerprint density at radius 3 is 2.88 bits per heavy atom. The van der Waals surface area contributed by atoms with E-state index in [4.69, 9.17) is 4.42 Å². The highest BCUT2D eigenvalue weighted by Crippen LogP contribution is 2.01. The van der Waals surface area contributed by atoms with Gasteiger partial charge in [-0.3, -0.25) is 4.21 Å². The molecule has 0 spiro atoms. The first-order chi connectivity index (χ1) is 8.00. The monoisotopic (exact) mass is 258 g/mol. The van der Waals surface area contributed by atoms with Crippen molar-refractivity contribution in [3.63, 3.8) is 0 Å². The molecule has 1 N–H and O–H groups in total. The highest BCUT2D eigenvalue weighted by Gasteiger charge is 2.16. The van der Waals surface area contributed by atoms with E-state index in [1.165, 1.54) is 0 Å². The Labute approximate surface area is 104 Å². The lowest BCUT2D eigenvalue weighted by molar-refractivity contribution is 0.197. The molecule has 1 heterocycles. The standard InChI is InChI=1S/C11H18N2O3S/c1-9(8-17(3)15)13(2)11(14)12-7-10-5-4-6-16-10/h4-6,9H,7-8H2,1-3H3,(H,12,14). The van der Waals surface area contributed by atoms with Crippen molar-refractivity contribution in [2.45, 2.75) is 19.5 Å². The van der Waals surface area contributed by atoms with E-state index in [1.807, 2.05) is 6.92 Å². The molecule has 0 radical (unpaired) electrons. The maximum atomic E-state index is 11.7. The van der Waals surface area contributed by atoms with Crippen LogP contribution in [0.15, 0.2) is 22.8 Å². The van der Waals surface area contributed by atoms with E-state index < -0.39 is 10.8 Å². The summed E-state index contributed by atoms with van der Waals surface area (Å²) >= 11 is 0. The summed E-state index contributed by atoms with van der Waals surface area (Å²) < 4.78 is 16.2. The summed E-state index contributed by atoms with van der Waals surface area (Å²) in [6, 6.07) is 3.32. The van der Waals surface area contributed by atoms with Crippen LogP contribution in [-0.4, -0.2) is 40.2 Å². The van der Waals surface area contributed by atoms with Crippen molar-refractivity contribution in [1.82, 2.24) is 10.2 Å². The zero-order chi connectivity index (χ0) is 12.8. The van der Waals surface area contributed by atoms with Crippen LogP contribution in [0.2, 0.25) is 0 Å². The van der Waals surface area contributed by atoms with E-state index in [9.17, 15) is 9.00 Å². The summed E-state index contributed by atoms with van der Waals surface area (Å²) in [7, 11) is 0.783. The molecule has 0 fully saturated rings. The average Bonchev–Trinajstić information content (AvgIpc) is 2.76. The smallest absolute Gasteiger partial charge is 0.317 e. The van der Waals surface area contributed by atoms with Gasteiger partial charge >= 0.3 is 6.03 Å². The van der Waals surface area contributed by atoms with Gasteiger partial charge in [0.1, 0.15) is 5.76 Å². The lowest BCUT2D eigenvalue weighted by Gasteiger charge is -2.24. The van der Waals surface area contributed by atoms with Gasteiger partial charge < -0.3 is 14.6 Å². The quantitative estimate of drug-likeness (QED) is 0.863. The Kier molecular flexibility index (Phi) is 5.21. The number of hydrogen-bond acceptors (Lipinski definition) is 3. The van der Waals surface area contributed by atoms with Gasteiger partial charge in [-0.05, 0) is 19.1 Å². The first kappa shape index (κ1) is 13.8. The van der Waals surface area contributed by atoms with Gasteiger partial charge in [0.15, 0.2) is 0 Å². The summed E-state index contributed by atoms with van der Waals surface area (Å²) in [5.74, 6) is 1.18. The molecule has 17 heavy (non-hydrogen) atoms. The molecule has 0 aliphatic rings. The molecule has 5 nitrogen and oxygen atoms in total. The van der Waals surface area contributed by atoms with Crippen LogP contribution in [0.3, 0.4) is 0 Å². The molecule has 0 aliphatic heterocycles. The fourth-order valence-electron chi connectivity index (χ4n) is 1.35. The second kappa shape index (κ2) is 6.44. The van der Waals surface area contributed by atoms with Crippen LogP contribution >= 0.6 is 0 Å². The van der Waals surface area contributed by atoms with Gasteiger partial charge in [-0.25, -0.2) is 4.79 Å². The van der Waals surface area contributed by atoms with E-state index in [-0.39, 0.29) is 12.1 Å². The van der Waals surface area contributed by atoms with Crippen LogP contribution in [0.1, 0.15) is 12.7 Å². The molecule has 0 saturated heterocycles. The van der Waals surface area contributed by atoms with E-state index in [0.29, 0.717) is 18.1 Å². The maximum Gasteiger partial charge on any atom is 0.317 e. The van der Waals surface area contributed by atoms with E-state index >= 15 is 0 Å².